The van der Waals surface area contributed by atoms with Gasteiger partial charge in [-0.3, -0.25) is 4.79 Å². The number of esters is 1. The second-order valence-electron chi connectivity index (χ2n) is 9.13. The molecule has 5 atom stereocenters. The van der Waals surface area contributed by atoms with Crippen molar-refractivity contribution in [2.45, 2.75) is 44.4 Å². The van der Waals surface area contributed by atoms with Crippen molar-refractivity contribution in [1.82, 2.24) is 4.90 Å². The Hall–Kier alpha value is -2.90. The van der Waals surface area contributed by atoms with Crippen LogP contribution in [0.1, 0.15) is 26.2 Å². The van der Waals surface area contributed by atoms with Gasteiger partial charge in [-0.25, -0.2) is 4.79 Å². The first-order valence-electron chi connectivity index (χ1n) is 11.4. The van der Waals surface area contributed by atoms with E-state index < -0.39 is 18.0 Å². The van der Waals surface area contributed by atoms with Crippen LogP contribution in [0.3, 0.4) is 0 Å². The van der Waals surface area contributed by atoms with Crippen molar-refractivity contribution < 1.29 is 24.2 Å². The largest absolute Gasteiger partial charge is 0.485 e. The van der Waals surface area contributed by atoms with Crippen LogP contribution in [0.25, 0.3) is 20.2 Å². The van der Waals surface area contributed by atoms with E-state index in [1.54, 1.807) is 23.2 Å². The fourth-order valence-electron chi connectivity index (χ4n) is 6.04. The van der Waals surface area contributed by atoms with Crippen molar-refractivity contribution in [2.24, 2.45) is 11.8 Å². The number of aliphatic hydroxyl groups excluding tert-OH is 1. The first-order valence-corrected chi connectivity index (χ1v) is 12.2. The Labute approximate surface area is 195 Å². The van der Waals surface area contributed by atoms with E-state index in [0.29, 0.717) is 5.70 Å². The molecule has 33 heavy (non-hydrogen) atoms. The van der Waals surface area contributed by atoms with Crippen LogP contribution in [0, 0.1) is 11.8 Å². The molecule has 1 amide bonds. The lowest BCUT2D eigenvalue weighted by molar-refractivity contribution is -0.164. The molecule has 3 aliphatic rings. The van der Waals surface area contributed by atoms with Crippen LogP contribution in [-0.2, 0) is 14.3 Å². The molecule has 1 aromatic heterocycles. The van der Waals surface area contributed by atoms with Gasteiger partial charge in [0.1, 0.15) is 17.6 Å². The number of amides is 1. The van der Waals surface area contributed by atoms with Gasteiger partial charge in [-0.05, 0) is 44.4 Å². The summed E-state index contributed by atoms with van der Waals surface area (Å²) >= 11 is 1.73. The number of hydrogen-bond acceptors (Lipinski definition) is 6. The summed E-state index contributed by atoms with van der Waals surface area (Å²) in [6.07, 6.45) is 1.47. The van der Waals surface area contributed by atoms with E-state index in [0.717, 1.165) is 46.1 Å². The smallest absolute Gasteiger partial charge is 0.354 e. The number of benzene rings is 2. The maximum absolute atomic E-state index is 12.9. The van der Waals surface area contributed by atoms with Gasteiger partial charge in [-0.1, -0.05) is 24.3 Å². The number of carbonyl (C=O) groups excluding carboxylic acids is 2. The van der Waals surface area contributed by atoms with E-state index >= 15 is 0 Å². The Morgan fingerprint density at radius 3 is 2.73 bits per heavy atom. The summed E-state index contributed by atoms with van der Waals surface area (Å²) in [5.74, 6) is -0.421. The molecule has 2 aromatic carbocycles. The summed E-state index contributed by atoms with van der Waals surface area (Å²) < 4.78 is 14.1. The third-order valence-electron chi connectivity index (χ3n) is 7.38. The topological polar surface area (TPSA) is 76.1 Å². The molecule has 170 valence electrons. The highest BCUT2D eigenvalue weighted by Crippen LogP contribution is 2.53. The lowest BCUT2D eigenvalue weighted by Crippen LogP contribution is -2.64. The molecular formula is C26H25NO5S. The highest BCUT2D eigenvalue weighted by atomic mass is 32.1. The maximum atomic E-state index is 12.9. The molecule has 2 aliphatic heterocycles. The highest BCUT2D eigenvalue weighted by Gasteiger charge is 2.62. The highest BCUT2D eigenvalue weighted by molar-refractivity contribution is 7.25. The molecule has 3 heterocycles. The minimum atomic E-state index is -0.760. The van der Waals surface area contributed by atoms with Gasteiger partial charge >= 0.3 is 5.97 Å². The molecular weight excluding hydrogens is 438 g/mol. The summed E-state index contributed by atoms with van der Waals surface area (Å²) in [5, 5.41) is 12.5. The molecule has 0 spiro atoms. The Bertz CT molecular complexity index is 1320. The number of carbonyl (C=O) groups is 2. The summed E-state index contributed by atoms with van der Waals surface area (Å²) in [4.78, 5) is 27.3. The third-order valence-corrected chi connectivity index (χ3v) is 8.51. The number of methoxy groups -OCH3 is 1. The normalized spacial score (nSPS) is 27.4. The van der Waals surface area contributed by atoms with Gasteiger partial charge in [0.2, 0.25) is 5.91 Å². The van der Waals surface area contributed by atoms with E-state index in [4.69, 9.17) is 9.47 Å². The Morgan fingerprint density at radius 1 is 1.15 bits per heavy atom. The lowest BCUT2D eigenvalue weighted by Gasteiger charge is -2.47. The van der Waals surface area contributed by atoms with Crippen molar-refractivity contribution in [2.75, 3.05) is 7.11 Å². The Kier molecular flexibility index (Phi) is 4.74. The van der Waals surface area contributed by atoms with E-state index in [-0.39, 0.29) is 24.0 Å². The third kappa shape index (κ3) is 2.88. The number of β-lactam (4-membered cyclic amide) rings is 1. The van der Waals surface area contributed by atoms with Crippen molar-refractivity contribution in [3.05, 3.63) is 53.7 Å². The second-order valence-corrected chi connectivity index (χ2v) is 10.2. The quantitative estimate of drug-likeness (QED) is 0.462. The van der Waals surface area contributed by atoms with Crippen molar-refractivity contribution in [1.29, 1.82) is 0 Å². The molecule has 1 saturated carbocycles. The molecule has 7 heteroatoms. The number of thiophene rings is 1. The zero-order chi connectivity index (χ0) is 22.9. The molecule has 6 rings (SSSR count). The van der Waals surface area contributed by atoms with Gasteiger partial charge < -0.3 is 19.5 Å². The van der Waals surface area contributed by atoms with E-state index in [1.807, 2.05) is 24.3 Å². The summed E-state index contributed by atoms with van der Waals surface area (Å²) in [6, 6.07) is 14.2. The first-order chi connectivity index (χ1) is 16.0. The van der Waals surface area contributed by atoms with Gasteiger partial charge in [-0.15, -0.1) is 11.3 Å². The fourth-order valence-corrected chi connectivity index (χ4v) is 7.16. The molecule has 1 saturated heterocycles. The zero-order valence-electron chi connectivity index (χ0n) is 18.5. The van der Waals surface area contributed by atoms with Crippen molar-refractivity contribution in [3.8, 4) is 5.75 Å². The van der Waals surface area contributed by atoms with Crippen LogP contribution in [0.2, 0.25) is 0 Å². The molecule has 1 N–H and O–H groups in total. The molecule has 0 radical (unpaired) electrons. The van der Waals surface area contributed by atoms with Gasteiger partial charge in [0, 0.05) is 31.7 Å². The Balaban J connectivity index is 1.45. The molecule has 2 fully saturated rings. The molecule has 0 bridgehead atoms. The second kappa shape index (κ2) is 7.57. The van der Waals surface area contributed by atoms with Crippen LogP contribution < -0.4 is 4.74 Å². The minimum absolute atomic E-state index is 0.00595. The summed E-state index contributed by atoms with van der Waals surface area (Å²) in [6.45, 7) is 1.65. The van der Waals surface area contributed by atoms with Gasteiger partial charge in [0.15, 0.2) is 0 Å². The molecule has 3 aromatic rings. The van der Waals surface area contributed by atoms with Crippen molar-refractivity contribution in [3.63, 3.8) is 0 Å². The number of ether oxygens (including phenoxy) is 2. The zero-order valence-corrected chi connectivity index (χ0v) is 19.3. The first kappa shape index (κ1) is 20.7. The SMILES string of the molecule is COC(=O)C1=C2C(Oc3cccc4sc5ccccc5c34)CCCC2C2C(C(C)O)C(=O)N12. The minimum Gasteiger partial charge on any atom is -0.485 e. The monoisotopic (exact) mass is 463 g/mol. The van der Waals surface area contributed by atoms with Crippen LogP contribution >= 0.6 is 11.3 Å². The van der Waals surface area contributed by atoms with Crippen molar-refractivity contribution >= 4 is 43.4 Å². The van der Waals surface area contributed by atoms with Gasteiger partial charge in [0.25, 0.3) is 0 Å². The molecule has 6 nitrogen and oxygen atoms in total. The lowest BCUT2D eigenvalue weighted by atomic mass is 9.71. The summed E-state index contributed by atoms with van der Waals surface area (Å²) in [5.41, 5.74) is 1.17. The van der Waals surface area contributed by atoms with Gasteiger partial charge in [0.05, 0.1) is 25.2 Å². The number of hydrogen-bond donors (Lipinski definition) is 1. The number of nitrogens with zero attached hydrogens (tertiary/aromatic N) is 1. The predicted molar refractivity (Wildman–Crippen MR) is 126 cm³/mol. The average Bonchev–Trinajstić information content (AvgIpc) is 3.33. The van der Waals surface area contributed by atoms with Crippen LogP contribution in [0.5, 0.6) is 5.75 Å². The van der Waals surface area contributed by atoms with Crippen LogP contribution in [0.4, 0.5) is 0 Å². The number of aliphatic hydroxyl groups is 1. The molecule has 5 unspecified atom stereocenters. The van der Waals surface area contributed by atoms with Gasteiger partial charge in [-0.2, -0.15) is 0 Å². The van der Waals surface area contributed by atoms with Crippen LogP contribution in [0.15, 0.2) is 53.7 Å². The molecule has 1 aliphatic carbocycles. The number of fused-ring (bicyclic) bond motifs is 6. The van der Waals surface area contributed by atoms with Crippen LogP contribution in [-0.4, -0.2) is 47.2 Å². The average molecular weight is 464 g/mol. The number of rotatable bonds is 4. The van der Waals surface area contributed by atoms with E-state index in [9.17, 15) is 14.7 Å². The summed E-state index contributed by atoms with van der Waals surface area (Å²) in [7, 11) is 1.34. The standard InChI is InChI=1S/C26H25NO5S/c1-13(28)20-23-15-8-5-9-17(22(15)24(26(30)31-2)27(23)25(20)29)32-16-10-6-12-19-21(16)14-7-3-4-11-18(14)33-19/h3-4,6-7,10-13,15,17,20,23,28H,5,8-9H2,1-2H3. The fraction of sp³-hybridized carbons (Fsp3) is 0.385. The Morgan fingerprint density at radius 2 is 1.94 bits per heavy atom. The van der Waals surface area contributed by atoms with E-state index in [1.165, 1.54) is 11.8 Å². The maximum Gasteiger partial charge on any atom is 0.354 e. The van der Waals surface area contributed by atoms with E-state index in [2.05, 4.69) is 18.2 Å². The predicted octanol–water partition coefficient (Wildman–Crippen LogP) is 4.25.